The van der Waals surface area contributed by atoms with E-state index in [1.54, 1.807) is 6.07 Å². The van der Waals surface area contributed by atoms with Gasteiger partial charge in [-0.25, -0.2) is 0 Å². The van der Waals surface area contributed by atoms with E-state index in [-0.39, 0.29) is 11.5 Å². The van der Waals surface area contributed by atoms with Crippen LogP contribution in [0.15, 0.2) is 29.1 Å². The van der Waals surface area contributed by atoms with Gasteiger partial charge in [0.25, 0.3) is 5.56 Å². The summed E-state index contributed by atoms with van der Waals surface area (Å²) in [6.07, 6.45) is 1.89. The number of morpholine rings is 1. The number of carbonyl (C=O) groups excluding carboxylic acids is 1. The number of nitrogens with one attached hydrogen (secondary N) is 2. The van der Waals surface area contributed by atoms with Crippen molar-refractivity contribution in [1.82, 2.24) is 19.8 Å². The van der Waals surface area contributed by atoms with Crippen molar-refractivity contribution < 1.29 is 9.53 Å². The number of para-hydroxylation sites is 1. The van der Waals surface area contributed by atoms with E-state index in [2.05, 4.69) is 15.2 Å². The van der Waals surface area contributed by atoms with Crippen LogP contribution in [0.2, 0.25) is 0 Å². The number of benzene rings is 1. The second kappa shape index (κ2) is 9.77. The molecule has 0 atom stereocenters. The molecular formula is C19H26N4O3S. The third kappa shape index (κ3) is 5.47. The fourth-order valence-corrected chi connectivity index (χ4v) is 3.53. The van der Waals surface area contributed by atoms with Crippen LogP contribution in [0, 0.1) is 4.77 Å². The molecule has 2 N–H and O–H groups in total. The highest BCUT2D eigenvalue weighted by atomic mass is 32.1. The minimum absolute atomic E-state index is 0.0145. The number of carbonyl (C=O) groups is 1. The molecule has 0 radical (unpaired) electrons. The molecule has 1 aliphatic heterocycles. The van der Waals surface area contributed by atoms with Crippen LogP contribution in [0.1, 0.15) is 19.3 Å². The number of hydrogen-bond acceptors (Lipinski definition) is 5. The maximum Gasteiger partial charge on any atom is 0.262 e. The van der Waals surface area contributed by atoms with Crippen molar-refractivity contribution in [2.45, 2.75) is 25.8 Å². The van der Waals surface area contributed by atoms with Gasteiger partial charge >= 0.3 is 0 Å². The molecule has 0 spiro atoms. The van der Waals surface area contributed by atoms with E-state index in [0.717, 1.165) is 44.8 Å². The Bertz CT molecular complexity index is 886. The van der Waals surface area contributed by atoms with Crippen molar-refractivity contribution in [2.24, 2.45) is 0 Å². The maximum absolute atomic E-state index is 12.5. The van der Waals surface area contributed by atoms with Gasteiger partial charge in [0.2, 0.25) is 5.91 Å². The zero-order valence-electron chi connectivity index (χ0n) is 15.4. The van der Waals surface area contributed by atoms with E-state index in [4.69, 9.17) is 17.0 Å². The predicted octanol–water partition coefficient (Wildman–Crippen LogP) is 1.68. The normalized spacial score (nSPS) is 15.1. The summed E-state index contributed by atoms with van der Waals surface area (Å²) in [6, 6.07) is 7.30. The number of amides is 1. The molecule has 0 unspecified atom stereocenters. The largest absolute Gasteiger partial charge is 0.379 e. The number of fused-ring (bicyclic) bond motifs is 1. The number of hydrogen-bond donors (Lipinski definition) is 2. The van der Waals surface area contributed by atoms with Crippen molar-refractivity contribution in [3.8, 4) is 0 Å². The molecule has 8 heteroatoms. The van der Waals surface area contributed by atoms with Crippen LogP contribution in [0.25, 0.3) is 10.9 Å². The van der Waals surface area contributed by atoms with E-state index in [1.807, 2.05) is 18.2 Å². The molecule has 0 bridgehead atoms. The lowest BCUT2D eigenvalue weighted by atomic mass is 10.2. The lowest BCUT2D eigenvalue weighted by Gasteiger charge is -2.26. The Balaban J connectivity index is 1.41. The summed E-state index contributed by atoms with van der Waals surface area (Å²) >= 11 is 5.29. The highest BCUT2D eigenvalue weighted by Gasteiger charge is 2.10. The maximum atomic E-state index is 12.5. The van der Waals surface area contributed by atoms with E-state index < -0.39 is 0 Å². The topological polar surface area (TPSA) is 79.4 Å². The van der Waals surface area contributed by atoms with Crippen LogP contribution in [0.3, 0.4) is 0 Å². The first-order valence-corrected chi connectivity index (χ1v) is 9.84. The van der Waals surface area contributed by atoms with Gasteiger partial charge in [-0.3, -0.25) is 19.1 Å². The van der Waals surface area contributed by atoms with Crippen molar-refractivity contribution in [1.29, 1.82) is 0 Å². The van der Waals surface area contributed by atoms with Gasteiger partial charge in [-0.15, -0.1) is 0 Å². The molecular weight excluding hydrogens is 364 g/mol. The first-order valence-electron chi connectivity index (χ1n) is 9.44. The first kappa shape index (κ1) is 19.7. The molecule has 3 rings (SSSR count). The molecule has 1 amide bonds. The highest BCUT2D eigenvalue weighted by Crippen LogP contribution is 2.06. The summed E-state index contributed by atoms with van der Waals surface area (Å²) in [7, 11) is 0. The lowest BCUT2D eigenvalue weighted by Crippen LogP contribution is -2.38. The Morgan fingerprint density at radius 3 is 2.78 bits per heavy atom. The molecule has 0 aliphatic carbocycles. The molecule has 2 heterocycles. The van der Waals surface area contributed by atoms with E-state index in [0.29, 0.717) is 36.1 Å². The standard InChI is InChI=1S/C19H26N4O3S/c24-17(20-8-4-9-22-11-13-26-14-12-22)7-3-10-23-18(25)15-5-1-2-6-16(15)21-19(23)27/h1-2,5-6H,3-4,7-14H2,(H,20,24)(H,21,27). The minimum atomic E-state index is -0.111. The van der Waals surface area contributed by atoms with Gasteiger partial charge in [-0.2, -0.15) is 0 Å². The Morgan fingerprint density at radius 2 is 1.96 bits per heavy atom. The van der Waals surface area contributed by atoms with Crippen molar-refractivity contribution >= 4 is 29.0 Å². The van der Waals surface area contributed by atoms with Gasteiger partial charge in [-0.1, -0.05) is 12.1 Å². The van der Waals surface area contributed by atoms with Gasteiger partial charge in [0.15, 0.2) is 4.77 Å². The molecule has 1 aliphatic rings. The van der Waals surface area contributed by atoms with Gasteiger partial charge in [0, 0.05) is 32.6 Å². The monoisotopic (exact) mass is 390 g/mol. The zero-order chi connectivity index (χ0) is 19.1. The number of aromatic amines is 1. The van der Waals surface area contributed by atoms with Crippen LogP contribution in [-0.2, 0) is 16.1 Å². The zero-order valence-corrected chi connectivity index (χ0v) is 16.2. The van der Waals surface area contributed by atoms with E-state index in [9.17, 15) is 9.59 Å². The van der Waals surface area contributed by atoms with Gasteiger partial charge < -0.3 is 15.0 Å². The quantitative estimate of drug-likeness (QED) is 0.530. The van der Waals surface area contributed by atoms with Crippen LogP contribution in [0.5, 0.6) is 0 Å². The van der Waals surface area contributed by atoms with Crippen LogP contribution in [0.4, 0.5) is 0 Å². The summed E-state index contributed by atoms with van der Waals surface area (Å²) in [5.41, 5.74) is 0.627. The summed E-state index contributed by atoms with van der Waals surface area (Å²) in [6.45, 7) is 5.60. The van der Waals surface area contributed by atoms with E-state index in [1.165, 1.54) is 4.57 Å². The molecule has 1 aromatic carbocycles. The number of H-pyrrole nitrogens is 1. The molecule has 2 aromatic rings. The SMILES string of the molecule is O=C(CCCn1c(=S)[nH]c2ccccc2c1=O)NCCCN1CCOCC1. The average molecular weight is 391 g/mol. The fraction of sp³-hybridized carbons (Fsp3) is 0.526. The van der Waals surface area contributed by atoms with Gasteiger partial charge in [0.05, 0.1) is 24.1 Å². The second-order valence-corrected chi connectivity index (χ2v) is 7.08. The Hall–Kier alpha value is -2.03. The third-order valence-corrected chi connectivity index (χ3v) is 5.07. The van der Waals surface area contributed by atoms with Crippen LogP contribution >= 0.6 is 12.2 Å². The van der Waals surface area contributed by atoms with Crippen molar-refractivity contribution in [3.63, 3.8) is 0 Å². The van der Waals surface area contributed by atoms with Crippen LogP contribution in [-0.4, -0.2) is 59.8 Å². The van der Waals surface area contributed by atoms with Gasteiger partial charge in [-0.05, 0) is 43.7 Å². The second-order valence-electron chi connectivity index (χ2n) is 6.69. The number of ether oxygens (including phenoxy) is 1. The number of aromatic nitrogens is 2. The summed E-state index contributed by atoms with van der Waals surface area (Å²) < 4.78 is 7.24. The predicted molar refractivity (Wildman–Crippen MR) is 108 cm³/mol. The average Bonchev–Trinajstić information content (AvgIpc) is 2.68. The number of nitrogens with zero attached hydrogens (tertiary/aromatic N) is 2. The number of rotatable bonds is 8. The summed E-state index contributed by atoms with van der Waals surface area (Å²) in [5.74, 6) is 0.0145. The molecule has 1 saturated heterocycles. The minimum Gasteiger partial charge on any atom is -0.379 e. The smallest absolute Gasteiger partial charge is 0.262 e. The first-order chi connectivity index (χ1) is 13.1. The fourth-order valence-electron chi connectivity index (χ4n) is 3.24. The molecule has 27 heavy (non-hydrogen) atoms. The Labute approximate surface area is 163 Å². The van der Waals surface area contributed by atoms with Crippen molar-refractivity contribution in [3.05, 3.63) is 39.4 Å². The molecule has 0 saturated carbocycles. The lowest BCUT2D eigenvalue weighted by molar-refractivity contribution is -0.121. The van der Waals surface area contributed by atoms with Gasteiger partial charge in [0.1, 0.15) is 0 Å². The molecule has 146 valence electrons. The highest BCUT2D eigenvalue weighted by molar-refractivity contribution is 7.71. The Kier molecular flexibility index (Phi) is 7.14. The van der Waals surface area contributed by atoms with Crippen molar-refractivity contribution in [2.75, 3.05) is 39.4 Å². The molecule has 1 fully saturated rings. The molecule has 1 aromatic heterocycles. The van der Waals surface area contributed by atoms with Crippen LogP contribution < -0.4 is 10.9 Å². The summed E-state index contributed by atoms with van der Waals surface area (Å²) in [5, 5.41) is 3.56. The third-order valence-electron chi connectivity index (χ3n) is 4.75. The Morgan fingerprint density at radius 1 is 1.19 bits per heavy atom. The van der Waals surface area contributed by atoms with E-state index >= 15 is 0 Å². The molecule has 7 nitrogen and oxygen atoms in total. The summed E-state index contributed by atoms with van der Waals surface area (Å²) in [4.78, 5) is 30.0.